The number of fused-ring (bicyclic) bond motifs is 1. The molecule has 0 saturated heterocycles. The summed E-state index contributed by atoms with van der Waals surface area (Å²) >= 11 is 0. The fourth-order valence-electron chi connectivity index (χ4n) is 2.43. The van der Waals surface area contributed by atoms with Gasteiger partial charge >= 0.3 is 6.18 Å². The van der Waals surface area contributed by atoms with Gasteiger partial charge in [-0.15, -0.1) is 0 Å². The molecule has 106 valence electrons. The summed E-state index contributed by atoms with van der Waals surface area (Å²) in [6.45, 7) is 1.92. The fourth-order valence-corrected chi connectivity index (χ4v) is 2.43. The zero-order chi connectivity index (χ0) is 15.0. The van der Waals surface area contributed by atoms with Crippen molar-refractivity contribution in [2.75, 3.05) is 0 Å². The minimum absolute atomic E-state index is 0.525. The third-order valence-corrected chi connectivity index (χ3v) is 3.35. The Morgan fingerprint density at radius 1 is 0.952 bits per heavy atom. The van der Waals surface area contributed by atoms with E-state index < -0.39 is 11.7 Å². The van der Waals surface area contributed by atoms with Crippen molar-refractivity contribution in [1.82, 2.24) is 4.98 Å². The summed E-state index contributed by atoms with van der Waals surface area (Å²) in [5.74, 6) is 0. The average molecular weight is 287 g/mol. The largest absolute Gasteiger partial charge is 0.416 e. The van der Waals surface area contributed by atoms with Crippen LogP contribution in [0.3, 0.4) is 0 Å². The summed E-state index contributed by atoms with van der Waals surface area (Å²) < 4.78 is 38.6. The summed E-state index contributed by atoms with van der Waals surface area (Å²) in [5.41, 5.74) is 2.30. The van der Waals surface area contributed by atoms with Crippen LogP contribution >= 0.6 is 0 Å². The highest BCUT2D eigenvalue weighted by atomic mass is 19.4. The number of aromatic nitrogens is 1. The molecule has 21 heavy (non-hydrogen) atoms. The van der Waals surface area contributed by atoms with E-state index in [9.17, 15) is 13.2 Å². The molecule has 0 fully saturated rings. The second-order valence-electron chi connectivity index (χ2n) is 4.97. The van der Waals surface area contributed by atoms with Crippen molar-refractivity contribution in [2.24, 2.45) is 0 Å². The van der Waals surface area contributed by atoms with Crippen molar-refractivity contribution >= 4 is 10.9 Å². The van der Waals surface area contributed by atoms with Crippen molar-refractivity contribution in [3.63, 3.8) is 0 Å². The van der Waals surface area contributed by atoms with Gasteiger partial charge in [-0.1, -0.05) is 18.2 Å². The van der Waals surface area contributed by atoms with Crippen molar-refractivity contribution in [3.8, 4) is 11.1 Å². The van der Waals surface area contributed by atoms with Gasteiger partial charge in [0.1, 0.15) is 0 Å². The highest BCUT2D eigenvalue weighted by Crippen LogP contribution is 2.34. The minimum Gasteiger partial charge on any atom is -0.256 e. The van der Waals surface area contributed by atoms with Crippen LogP contribution in [0.25, 0.3) is 22.0 Å². The third-order valence-electron chi connectivity index (χ3n) is 3.35. The van der Waals surface area contributed by atoms with Crippen LogP contribution in [-0.2, 0) is 6.18 Å². The SMILES string of the molecule is Cc1cc(-c2cccc(C(F)(F)F)c2)c2ncccc2c1. The first-order valence-electron chi connectivity index (χ1n) is 6.48. The van der Waals surface area contributed by atoms with Crippen LogP contribution in [0.4, 0.5) is 13.2 Å². The van der Waals surface area contributed by atoms with E-state index in [4.69, 9.17) is 0 Å². The van der Waals surface area contributed by atoms with E-state index in [0.29, 0.717) is 11.1 Å². The molecule has 0 N–H and O–H groups in total. The topological polar surface area (TPSA) is 12.9 Å². The lowest BCUT2D eigenvalue weighted by atomic mass is 9.98. The lowest BCUT2D eigenvalue weighted by Crippen LogP contribution is -2.04. The summed E-state index contributed by atoms with van der Waals surface area (Å²) in [6, 6.07) is 12.9. The van der Waals surface area contributed by atoms with Crippen LogP contribution in [0.5, 0.6) is 0 Å². The maximum Gasteiger partial charge on any atom is 0.416 e. The summed E-state index contributed by atoms with van der Waals surface area (Å²) in [6.07, 6.45) is -2.70. The smallest absolute Gasteiger partial charge is 0.256 e. The Bertz CT molecular complexity index is 806. The lowest BCUT2D eigenvalue weighted by Gasteiger charge is -2.11. The summed E-state index contributed by atoms with van der Waals surface area (Å²) in [7, 11) is 0. The lowest BCUT2D eigenvalue weighted by molar-refractivity contribution is -0.137. The molecule has 0 unspecified atom stereocenters. The predicted octanol–water partition coefficient (Wildman–Crippen LogP) is 5.23. The van der Waals surface area contributed by atoms with Crippen LogP contribution in [0, 0.1) is 6.92 Å². The normalized spacial score (nSPS) is 11.8. The van der Waals surface area contributed by atoms with E-state index in [-0.39, 0.29) is 0 Å². The Balaban J connectivity index is 2.26. The Labute approximate surface area is 120 Å². The summed E-state index contributed by atoms with van der Waals surface area (Å²) in [4.78, 5) is 4.31. The van der Waals surface area contributed by atoms with Crippen molar-refractivity contribution < 1.29 is 13.2 Å². The molecule has 0 bridgehead atoms. The molecule has 0 aliphatic heterocycles. The van der Waals surface area contributed by atoms with Gasteiger partial charge in [0, 0.05) is 17.1 Å². The van der Waals surface area contributed by atoms with Crippen LogP contribution in [0.2, 0.25) is 0 Å². The molecule has 1 nitrogen and oxygen atoms in total. The van der Waals surface area contributed by atoms with Crippen molar-refractivity contribution in [2.45, 2.75) is 13.1 Å². The molecule has 3 rings (SSSR count). The van der Waals surface area contributed by atoms with E-state index >= 15 is 0 Å². The monoisotopic (exact) mass is 287 g/mol. The highest BCUT2D eigenvalue weighted by molar-refractivity contribution is 5.94. The summed E-state index contributed by atoms with van der Waals surface area (Å²) in [5, 5.41) is 0.921. The molecule has 0 amide bonds. The molecule has 0 atom stereocenters. The maximum atomic E-state index is 12.9. The number of aryl methyl sites for hydroxylation is 1. The second kappa shape index (κ2) is 4.88. The highest BCUT2D eigenvalue weighted by Gasteiger charge is 2.30. The number of halogens is 3. The number of rotatable bonds is 1. The van der Waals surface area contributed by atoms with Gasteiger partial charge in [0.15, 0.2) is 0 Å². The van der Waals surface area contributed by atoms with Crippen LogP contribution in [-0.4, -0.2) is 4.98 Å². The predicted molar refractivity (Wildman–Crippen MR) is 76.9 cm³/mol. The van der Waals surface area contributed by atoms with Crippen molar-refractivity contribution in [1.29, 1.82) is 0 Å². The first-order valence-corrected chi connectivity index (χ1v) is 6.48. The second-order valence-corrected chi connectivity index (χ2v) is 4.97. The van der Waals surface area contributed by atoms with Gasteiger partial charge in [-0.05, 0) is 48.4 Å². The van der Waals surface area contributed by atoms with E-state index in [1.807, 2.05) is 31.2 Å². The first kappa shape index (κ1) is 13.6. The Kier molecular flexibility index (Phi) is 3.16. The number of hydrogen-bond donors (Lipinski definition) is 0. The zero-order valence-electron chi connectivity index (χ0n) is 11.3. The Hall–Kier alpha value is -2.36. The molecule has 0 radical (unpaired) electrons. The molecule has 4 heteroatoms. The van der Waals surface area contributed by atoms with E-state index in [1.54, 1.807) is 12.3 Å². The maximum absolute atomic E-state index is 12.9. The number of benzene rings is 2. The quantitative estimate of drug-likeness (QED) is 0.597. The van der Waals surface area contributed by atoms with Gasteiger partial charge in [0.2, 0.25) is 0 Å². The molecule has 0 aliphatic rings. The van der Waals surface area contributed by atoms with Crippen molar-refractivity contribution in [3.05, 3.63) is 65.9 Å². The fraction of sp³-hybridized carbons (Fsp3) is 0.118. The van der Waals surface area contributed by atoms with Crippen LogP contribution in [0.15, 0.2) is 54.7 Å². The van der Waals surface area contributed by atoms with Gasteiger partial charge < -0.3 is 0 Å². The van der Waals surface area contributed by atoms with Crippen LogP contribution in [0.1, 0.15) is 11.1 Å². The van der Waals surface area contributed by atoms with Gasteiger partial charge in [-0.2, -0.15) is 13.2 Å². The average Bonchev–Trinajstić information content (AvgIpc) is 2.45. The van der Waals surface area contributed by atoms with Gasteiger partial charge in [0.25, 0.3) is 0 Å². The van der Waals surface area contributed by atoms with Gasteiger partial charge in [0.05, 0.1) is 11.1 Å². The molecule has 1 aromatic heterocycles. The third kappa shape index (κ3) is 2.61. The van der Waals surface area contributed by atoms with E-state index in [2.05, 4.69) is 4.98 Å². The molecule has 0 spiro atoms. The molecule has 2 aromatic carbocycles. The molecular formula is C17H12F3N. The Morgan fingerprint density at radius 2 is 1.76 bits per heavy atom. The molecule has 0 saturated carbocycles. The van der Waals surface area contributed by atoms with Gasteiger partial charge in [-0.25, -0.2) is 0 Å². The van der Waals surface area contributed by atoms with E-state index in [1.165, 1.54) is 12.1 Å². The number of pyridine rings is 1. The number of nitrogens with zero attached hydrogens (tertiary/aromatic N) is 1. The minimum atomic E-state index is -4.34. The molecular weight excluding hydrogens is 275 g/mol. The molecule has 1 heterocycles. The molecule has 3 aromatic rings. The number of hydrogen-bond acceptors (Lipinski definition) is 1. The Morgan fingerprint density at radius 3 is 2.52 bits per heavy atom. The number of alkyl halides is 3. The standard InChI is InChI=1S/C17H12F3N/c1-11-8-13-5-3-7-21-16(13)15(9-11)12-4-2-6-14(10-12)17(18,19)20/h2-10H,1H3. The van der Waals surface area contributed by atoms with Crippen LogP contribution < -0.4 is 0 Å². The molecule has 0 aliphatic carbocycles. The first-order chi connectivity index (χ1) is 9.95. The zero-order valence-corrected chi connectivity index (χ0v) is 11.3. The van der Waals surface area contributed by atoms with E-state index in [0.717, 1.165) is 22.6 Å². The van der Waals surface area contributed by atoms with Gasteiger partial charge in [-0.3, -0.25) is 4.98 Å².